The number of amides is 1. The predicted molar refractivity (Wildman–Crippen MR) is 107 cm³/mol. The molecule has 1 saturated heterocycles. The molecule has 0 saturated carbocycles. The summed E-state index contributed by atoms with van der Waals surface area (Å²) >= 11 is 5.57. The largest absolute Gasteiger partial charge is 0.417 e. The molecule has 0 atom stereocenters. The number of benzene rings is 2. The van der Waals surface area contributed by atoms with Crippen LogP contribution in [0, 0.1) is 5.92 Å². The van der Waals surface area contributed by atoms with Crippen molar-refractivity contribution in [3.05, 3.63) is 64.7 Å². The molecule has 11 heteroatoms. The molecule has 2 aromatic rings. The van der Waals surface area contributed by atoms with E-state index in [2.05, 4.69) is 5.48 Å². The normalized spacial score (nSPS) is 16.3. The van der Waals surface area contributed by atoms with Crippen LogP contribution >= 0.6 is 11.6 Å². The lowest BCUT2D eigenvalue weighted by atomic mass is 9.98. The second-order valence-corrected chi connectivity index (χ2v) is 9.40. The molecule has 0 bridgehead atoms. The molecule has 2 aromatic carbocycles. The lowest BCUT2D eigenvalue weighted by Crippen LogP contribution is -2.43. The van der Waals surface area contributed by atoms with Crippen molar-refractivity contribution in [1.29, 1.82) is 0 Å². The van der Waals surface area contributed by atoms with E-state index in [1.807, 2.05) is 30.3 Å². The third-order valence-corrected chi connectivity index (χ3v) is 7.18. The molecular weight excluding hydrogens is 457 g/mol. The number of carbonyl (C=O) groups is 1. The van der Waals surface area contributed by atoms with Crippen LogP contribution < -0.4 is 5.48 Å². The Morgan fingerprint density at radius 3 is 2.39 bits per heavy atom. The number of rotatable bonds is 6. The minimum absolute atomic E-state index is 0.00306. The zero-order valence-corrected chi connectivity index (χ0v) is 17.8. The number of hydrogen-bond acceptors (Lipinski definition) is 4. The highest BCUT2D eigenvalue weighted by molar-refractivity contribution is 7.89. The Morgan fingerprint density at radius 2 is 1.77 bits per heavy atom. The van der Waals surface area contributed by atoms with Crippen LogP contribution in [0.3, 0.4) is 0 Å². The number of halogens is 4. The maximum Gasteiger partial charge on any atom is 0.417 e. The van der Waals surface area contributed by atoms with Gasteiger partial charge in [-0.05, 0) is 36.6 Å². The fraction of sp³-hybridized carbons (Fsp3) is 0.350. The van der Waals surface area contributed by atoms with Crippen LogP contribution in [0.25, 0.3) is 0 Å². The first-order valence-electron chi connectivity index (χ1n) is 9.41. The summed E-state index contributed by atoms with van der Waals surface area (Å²) < 4.78 is 65.8. The topological polar surface area (TPSA) is 75.7 Å². The Kier molecular flexibility index (Phi) is 7.25. The van der Waals surface area contributed by atoms with Gasteiger partial charge in [0, 0.05) is 19.0 Å². The van der Waals surface area contributed by atoms with E-state index < -0.39 is 37.6 Å². The maximum absolute atomic E-state index is 13.1. The smallest absolute Gasteiger partial charge is 0.272 e. The Morgan fingerprint density at radius 1 is 1.13 bits per heavy atom. The monoisotopic (exact) mass is 476 g/mol. The van der Waals surface area contributed by atoms with Crippen LogP contribution in [0.15, 0.2) is 53.4 Å². The summed E-state index contributed by atoms with van der Waals surface area (Å²) in [6.07, 6.45) is -4.33. The summed E-state index contributed by atoms with van der Waals surface area (Å²) in [7, 11) is -4.15. The van der Waals surface area contributed by atoms with E-state index in [0.717, 1.165) is 22.0 Å². The lowest BCUT2D eigenvalue weighted by molar-refractivity contribution is -0.140. The molecule has 0 radical (unpaired) electrons. The van der Waals surface area contributed by atoms with Crippen LogP contribution in [-0.2, 0) is 32.4 Å². The van der Waals surface area contributed by atoms with E-state index in [9.17, 15) is 26.4 Å². The van der Waals surface area contributed by atoms with E-state index in [-0.39, 0.29) is 38.4 Å². The van der Waals surface area contributed by atoms with Gasteiger partial charge in [0.15, 0.2) is 0 Å². The first kappa shape index (κ1) is 23.5. The number of nitrogens with zero attached hydrogens (tertiary/aromatic N) is 1. The van der Waals surface area contributed by atoms with Gasteiger partial charge in [0.1, 0.15) is 0 Å². The third-order valence-electron chi connectivity index (χ3n) is 4.96. The summed E-state index contributed by atoms with van der Waals surface area (Å²) in [6.45, 7) is 0.198. The van der Waals surface area contributed by atoms with Crippen molar-refractivity contribution in [3.8, 4) is 0 Å². The van der Waals surface area contributed by atoms with E-state index in [1.54, 1.807) is 0 Å². The average molecular weight is 477 g/mol. The predicted octanol–water partition coefficient (Wildman–Crippen LogP) is 4.01. The van der Waals surface area contributed by atoms with Crippen LogP contribution in [0.2, 0.25) is 5.02 Å². The van der Waals surface area contributed by atoms with Crippen LogP contribution in [0.4, 0.5) is 13.2 Å². The van der Waals surface area contributed by atoms with Crippen LogP contribution in [0.1, 0.15) is 24.0 Å². The molecule has 168 valence electrons. The standard InChI is InChI=1S/C20H20ClF3N2O4S/c21-18-7-6-16(12-17(18)20(22,23)24)31(28,29)26-10-8-15(9-11-26)19(27)25-30-13-14-4-2-1-3-5-14/h1-7,12,15H,8-11,13H2,(H,25,27). The average Bonchev–Trinajstić information content (AvgIpc) is 2.74. The first-order valence-corrected chi connectivity index (χ1v) is 11.2. The molecule has 0 aliphatic carbocycles. The zero-order valence-electron chi connectivity index (χ0n) is 16.2. The van der Waals surface area contributed by atoms with Crippen molar-refractivity contribution in [1.82, 2.24) is 9.79 Å². The van der Waals surface area contributed by atoms with Crippen molar-refractivity contribution in [2.45, 2.75) is 30.5 Å². The molecule has 0 spiro atoms. The molecule has 3 rings (SSSR count). The van der Waals surface area contributed by atoms with Gasteiger partial charge in [-0.3, -0.25) is 9.63 Å². The van der Waals surface area contributed by atoms with Gasteiger partial charge in [0.25, 0.3) is 0 Å². The summed E-state index contributed by atoms with van der Waals surface area (Å²) in [4.78, 5) is 17.0. The number of carbonyl (C=O) groups excluding carboxylic acids is 1. The van der Waals surface area contributed by atoms with Gasteiger partial charge in [0.05, 0.1) is 22.1 Å². The quantitative estimate of drug-likeness (QED) is 0.639. The van der Waals surface area contributed by atoms with E-state index >= 15 is 0 Å². The van der Waals surface area contributed by atoms with Crippen LogP contribution in [-0.4, -0.2) is 31.7 Å². The van der Waals surface area contributed by atoms with E-state index in [0.29, 0.717) is 6.07 Å². The number of hydrogen-bond donors (Lipinski definition) is 1. The molecular formula is C20H20ClF3N2O4S. The Bertz CT molecular complexity index is 1020. The summed E-state index contributed by atoms with van der Waals surface area (Å²) in [5.74, 6) is -0.822. The SMILES string of the molecule is O=C(NOCc1ccccc1)C1CCN(S(=O)(=O)c2ccc(Cl)c(C(F)(F)F)c2)CC1. The van der Waals surface area contributed by atoms with Gasteiger partial charge in [-0.2, -0.15) is 17.5 Å². The fourth-order valence-electron chi connectivity index (χ4n) is 3.24. The number of hydroxylamine groups is 1. The first-order chi connectivity index (χ1) is 14.6. The minimum Gasteiger partial charge on any atom is -0.272 e. The Hall–Kier alpha value is -2.14. The van der Waals surface area contributed by atoms with Gasteiger partial charge in [-0.25, -0.2) is 13.9 Å². The lowest BCUT2D eigenvalue weighted by Gasteiger charge is -2.30. The third kappa shape index (κ3) is 5.76. The van der Waals surface area contributed by atoms with Gasteiger partial charge >= 0.3 is 6.18 Å². The van der Waals surface area contributed by atoms with E-state index in [1.165, 1.54) is 0 Å². The van der Waals surface area contributed by atoms with Gasteiger partial charge in [0.2, 0.25) is 15.9 Å². The molecule has 1 aliphatic rings. The number of piperidine rings is 1. The van der Waals surface area contributed by atoms with Crippen molar-refractivity contribution < 1.29 is 31.2 Å². The van der Waals surface area contributed by atoms with Crippen molar-refractivity contribution in [2.24, 2.45) is 5.92 Å². The van der Waals surface area contributed by atoms with Crippen LogP contribution in [0.5, 0.6) is 0 Å². The molecule has 6 nitrogen and oxygen atoms in total. The highest BCUT2D eigenvalue weighted by Gasteiger charge is 2.37. The van der Waals surface area contributed by atoms with Gasteiger partial charge in [-0.15, -0.1) is 0 Å². The van der Waals surface area contributed by atoms with E-state index in [4.69, 9.17) is 16.4 Å². The molecule has 1 heterocycles. The van der Waals surface area contributed by atoms with Crippen molar-refractivity contribution >= 4 is 27.5 Å². The molecule has 0 unspecified atom stereocenters. The molecule has 1 fully saturated rings. The number of alkyl halides is 3. The Labute approximate surface area is 183 Å². The molecule has 1 N–H and O–H groups in total. The zero-order chi connectivity index (χ0) is 22.6. The summed E-state index contributed by atoms with van der Waals surface area (Å²) in [6, 6.07) is 11.7. The van der Waals surface area contributed by atoms with Crippen molar-refractivity contribution in [3.63, 3.8) is 0 Å². The number of nitrogens with one attached hydrogen (secondary N) is 1. The number of sulfonamides is 1. The molecule has 0 aromatic heterocycles. The maximum atomic E-state index is 13.1. The van der Waals surface area contributed by atoms with Gasteiger partial charge < -0.3 is 0 Å². The van der Waals surface area contributed by atoms with Gasteiger partial charge in [-0.1, -0.05) is 41.9 Å². The second kappa shape index (κ2) is 9.56. The Balaban J connectivity index is 1.58. The molecule has 1 amide bonds. The minimum atomic E-state index is -4.77. The summed E-state index contributed by atoms with van der Waals surface area (Å²) in [5, 5.41) is -0.572. The molecule has 31 heavy (non-hydrogen) atoms. The highest BCUT2D eigenvalue weighted by atomic mass is 35.5. The second-order valence-electron chi connectivity index (χ2n) is 7.06. The summed E-state index contributed by atoms with van der Waals surface area (Å²) in [5.41, 5.74) is 2.04. The fourth-order valence-corrected chi connectivity index (χ4v) is 4.96. The molecule has 1 aliphatic heterocycles. The van der Waals surface area contributed by atoms with Crippen molar-refractivity contribution in [2.75, 3.05) is 13.1 Å². The highest BCUT2D eigenvalue weighted by Crippen LogP contribution is 2.36.